The van der Waals surface area contributed by atoms with Crippen LogP contribution in [0.4, 0.5) is 5.69 Å². The van der Waals surface area contributed by atoms with E-state index in [-0.39, 0.29) is 0 Å². The van der Waals surface area contributed by atoms with E-state index < -0.39 is 11.5 Å². The van der Waals surface area contributed by atoms with Crippen LogP contribution in [0.3, 0.4) is 0 Å². The van der Waals surface area contributed by atoms with Gasteiger partial charge in [-0.2, -0.15) is 0 Å². The molecule has 102 valence electrons. The Kier molecular flexibility index (Phi) is 3.18. The first-order valence-corrected chi connectivity index (χ1v) is 6.87. The molecule has 20 heavy (non-hydrogen) atoms. The number of hydrogen-bond acceptors (Lipinski definition) is 2. The highest BCUT2D eigenvalue weighted by Crippen LogP contribution is 2.42. The first-order valence-electron chi connectivity index (χ1n) is 6.87. The number of hydrogen-bond donors (Lipinski definition) is 1. The highest BCUT2D eigenvalue weighted by Gasteiger charge is 2.49. The molecule has 0 aromatic heterocycles. The maximum atomic E-state index is 12.1. The van der Waals surface area contributed by atoms with Crippen molar-refractivity contribution in [3.63, 3.8) is 0 Å². The van der Waals surface area contributed by atoms with Crippen molar-refractivity contribution in [1.82, 2.24) is 0 Å². The van der Waals surface area contributed by atoms with Gasteiger partial charge in [0.15, 0.2) is 5.54 Å². The third kappa shape index (κ3) is 1.86. The molecule has 0 radical (unpaired) electrons. The van der Waals surface area contributed by atoms with Crippen molar-refractivity contribution in [2.75, 3.05) is 11.4 Å². The SMILES string of the molecule is O=C(O)[C@]1(c2ccccc2)CCCN1c1ccccc1. The Balaban J connectivity index is 2.13. The van der Waals surface area contributed by atoms with E-state index in [1.54, 1.807) is 0 Å². The lowest BCUT2D eigenvalue weighted by atomic mass is 9.87. The standard InChI is InChI=1S/C17H17NO2/c19-16(20)17(14-8-3-1-4-9-14)12-7-13-18(17)15-10-5-2-6-11-15/h1-6,8-11H,7,12-13H2,(H,19,20)/t17-/m1/s1. The summed E-state index contributed by atoms with van der Waals surface area (Å²) >= 11 is 0. The van der Waals surface area contributed by atoms with Crippen LogP contribution in [0.1, 0.15) is 18.4 Å². The molecule has 1 fully saturated rings. The Labute approximate surface area is 118 Å². The summed E-state index contributed by atoms with van der Waals surface area (Å²) in [5, 5.41) is 9.91. The average molecular weight is 267 g/mol. The minimum atomic E-state index is -0.942. The largest absolute Gasteiger partial charge is 0.479 e. The van der Waals surface area contributed by atoms with Gasteiger partial charge in [0.2, 0.25) is 0 Å². The zero-order valence-corrected chi connectivity index (χ0v) is 11.2. The van der Waals surface area contributed by atoms with Crippen LogP contribution >= 0.6 is 0 Å². The molecule has 1 saturated heterocycles. The number of anilines is 1. The molecule has 0 spiro atoms. The van der Waals surface area contributed by atoms with Gasteiger partial charge in [0.25, 0.3) is 0 Å². The molecule has 0 aliphatic carbocycles. The quantitative estimate of drug-likeness (QED) is 0.928. The van der Waals surface area contributed by atoms with E-state index in [1.807, 2.05) is 65.6 Å². The lowest BCUT2D eigenvalue weighted by Gasteiger charge is -2.37. The molecule has 1 aliphatic heterocycles. The van der Waals surface area contributed by atoms with Crippen LogP contribution < -0.4 is 4.90 Å². The summed E-state index contributed by atoms with van der Waals surface area (Å²) in [6.45, 7) is 0.769. The van der Waals surface area contributed by atoms with E-state index in [2.05, 4.69) is 0 Å². The number of carboxylic acids is 1. The van der Waals surface area contributed by atoms with Crippen LogP contribution in [0.2, 0.25) is 0 Å². The van der Waals surface area contributed by atoms with Gasteiger partial charge in [-0.05, 0) is 30.5 Å². The molecule has 3 heteroatoms. The second kappa shape index (κ2) is 5.00. The summed E-state index contributed by atoms with van der Waals surface area (Å²) in [7, 11) is 0. The van der Waals surface area contributed by atoms with Crippen molar-refractivity contribution in [3.8, 4) is 0 Å². The summed E-state index contributed by atoms with van der Waals surface area (Å²) in [5.74, 6) is -0.773. The van der Waals surface area contributed by atoms with Crippen LogP contribution in [0.25, 0.3) is 0 Å². The van der Waals surface area contributed by atoms with E-state index >= 15 is 0 Å². The van der Waals surface area contributed by atoms with Crippen LogP contribution in [0.15, 0.2) is 60.7 Å². The van der Waals surface area contributed by atoms with Gasteiger partial charge >= 0.3 is 5.97 Å². The maximum absolute atomic E-state index is 12.1. The number of carbonyl (C=O) groups is 1. The molecule has 1 heterocycles. The second-order valence-electron chi connectivity index (χ2n) is 5.12. The Bertz CT molecular complexity index is 597. The van der Waals surface area contributed by atoms with Crippen molar-refractivity contribution >= 4 is 11.7 Å². The van der Waals surface area contributed by atoms with Gasteiger partial charge in [-0.15, -0.1) is 0 Å². The molecule has 3 rings (SSSR count). The molecular weight excluding hydrogens is 250 g/mol. The Morgan fingerprint density at radius 2 is 1.60 bits per heavy atom. The van der Waals surface area contributed by atoms with E-state index in [1.165, 1.54) is 0 Å². The van der Waals surface area contributed by atoms with Gasteiger partial charge < -0.3 is 10.0 Å². The predicted octanol–water partition coefficient (Wildman–Crippen LogP) is 3.27. The summed E-state index contributed by atoms with van der Waals surface area (Å²) in [6.07, 6.45) is 1.53. The van der Waals surface area contributed by atoms with Gasteiger partial charge in [0, 0.05) is 12.2 Å². The molecule has 1 atom stereocenters. The first-order chi connectivity index (χ1) is 9.75. The molecule has 2 aromatic rings. The van der Waals surface area contributed by atoms with Crippen LogP contribution in [-0.2, 0) is 10.3 Å². The molecule has 0 amide bonds. The van der Waals surface area contributed by atoms with E-state index in [0.29, 0.717) is 6.42 Å². The fraction of sp³-hybridized carbons (Fsp3) is 0.235. The first kappa shape index (κ1) is 12.7. The number of aliphatic carboxylic acids is 1. The van der Waals surface area contributed by atoms with E-state index in [9.17, 15) is 9.90 Å². The lowest BCUT2D eigenvalue weighted by Crippen LogP contribution is -2.48. The third-order valence-electron chi connectivity index (χ3n) is 4.05. The fourth-order valence-electron chi connectivity index (χ4n) is 3.14. The Hall–Kier alpha value is -2.29. The summed E-state index contributed by atoms with van der Waals surface area (Å²) in [6, 6.07) is 19.4. The minimum Gasteiger partial charge on any atom is -0.479 e. The number of para-hydroxylation sites is 1. The third-order valence-corrected chi connectivity index (χ3v) is 4.05. The monoisotopic (exact) mass is 267 g/mol. The second-order valence-corrected chi connectivity index (χ2v) is 5.12. The Morgan fingerprint density at radius 1 is 1.00 bits per heavy atom. The zero-order valence-electron chi connectivity index (χ0n) is 11.2. The van der Waals surface area contributed by atoms with Crippen molar-refractivity contribution in [1.29, 1.82) is 0 Å². The summed E-state index contributed by atoms with van der Waals surface area (Å²) in [5.41, 5.74) is 0.882. The number of rotatable bonds is 3. The highest BCUT2D eigenvalue weighted by atomic mass is 16.4. The van der Waals surface area contributed by atoms with Crippen molar-refractivity contribution in [3.05, 3.63) is 66.2 Å². The summed E-state index contributed by atoms with van der Waals surface area (Å²) in [4.78, 5) is 14.1. The number of benzene rings is 2. The van der Waals surface area contributed by atoms with E-state index in [0.717, 1.165) is 24.2 Å². The maximum Gasteiger partial charge on any atom is 0.334 e. The van der Waals surface area contributed by atoms with E-state index in [4.69, 9.17) is 0 Å². The van der Waals surface area contributed by atoms with Crippen molar-refractivity contribution in [2.24, 2.45) is 0 Å². The molecule has 2 aromatic carbocycles. The number of nitrogens with zero attached hydrogens (tertiary/aromatic N) is 1. The van der Waals surface area contributed by atoms with Crippen LogP contribution in [0, 0.1) is 0 Å². The molecule has 0 bridgehead atoms. The van der Waals surface area contributed by atoms with Crippen molar-refractivity contribution < 1.29 is 9.90 Å². The van der Waals surface area contributed by atoms with Crippen LogP contribution in [-0.4, -0.2) is 17.6 Å². The molecule has 0 saturated carbocycles. The highest BCUT2D eigenvalue weighted by molar-refractivity contribution is 5.86. The van der Waals surface area contributed by atoms with Crippen LogP contribution in [0.5, 0.6) is 0 Å². The smallest absolute Gasteiger partial charge is 0.334 e. The Morgan fingerprint density at radius 3 is 2.20 bits per heavy atom. The molecule has 0 unspecified atom stereocenters. The molecule has 3 nitrogen and oxygen atoms in total. The zero-order chi connectivity index (χ0) is 14.0. The topological polar surface area (TPSA) is 40.5 Å². The van der Waals surface area contributed by atoms with Gasteiger partial charge in [-0.1, -0.05) is 48.5 Å². The van der Waals surface area contributed by atoms with Gasteiger partial charge in [-0.3, -0.25) is 0 Å². The van der Waals surface area contributed by atoms with Gasteiger partial charge in [0.05, 0.1) is 0 Å². The number of carboxylic acid groups (broad SMARTS) is 1. The van der Waals surface area contributed by atoms with Gasteiger partial charge in [-0.25, -0.2) is 4.79 Å². The minimum absolute atomic E-state index is 0.640. The molecule has 1 aliphatic rings. The fourth-order valence-corrected chi connectivity index (χ4v) is 3.14. The van der Waals surface area contributed by atoms with Crippen molar-refractivity contribution in [2.45, 2.75) is 18.4 Å². The average Bonchev–Trinajstić information content (AvgIpc) is 2.95. The van der Waals surface area contributed by atoms with Gasteiger partial charge in [0.1, 0.15) is 0 Å². The normalized spacial score (nSPS) is 21.9. The predicted molar refractivity (Wildman–Crippen MR) is 78.8 cm³/mol. The lowest BCUT2D eigenvalue weighted by molar-refractivity contribution is -0.143. The molecular formula is C17H17NO2. The molecule has 1 N–H and O–H groups in total. The summed E-state index contributed by atoms with van der Waals surface area (Å²) < 4.78 is 0.